The van der Waals surface area contributed by atoms with Gasteiger partial charge in [0.05, 0.1) is 11.0 Å². The third-order valence-electron chi connectivity index (χ3n) is 1.92. The van der Waals surface area contributed by atoms with Crippen LogP contribution < -0.4 is 6.15 Å². The van der Waals surface area contributed by atoms with Crippen LogP contribution in [-0.2, 0) is 0 Å². The molecule has 1 atom stereocenters. The lowest BCUT2D eigenvalue weighted by molar-refractivity contribution is 0.137. The smallest absolute Gasteiger partial charge is 0.0703 e. The van der Waals surface area contributed by atoms with Gasteiger partial charge in [-0.3, -0.25) is 0 Å². The van der Waals surface area contributed by atoms with E-state index in [0.717, 1.165) is 12.8 Å². The fraction of sp³-hybridized carbons (Fsp3) is 1.00. The zero-order valence-corrected chi connectivity index (χ0v) is 7.78. The van der Waals surface area contributed by atoms with Gasteiger partial charge in [-0.15, -0.1) is 11.6 Å². The molecule has 0 bridgehead atoms. The Hall–Kier alpha value is 0.210. The molecule has 1 unspecified atom stereocenters. The van der Waals surface area contributed by atoms with Gasteiger partial charge in [-0.2, -0.15) is 0 Å². The van der Waals surface area contributed by atoms with E-state index in [1.165, 1.54) is 0 Å². The van der Waals surface area contributed by atoms with Crippen LogP contribution in [0.25, 0.3) is 0 Å². The quantitative estimate of drug-likeness (QED) is 0.634. The highest BCUT2D eigenvalue weighted by atomic mass is 35.5. The number of hydrogen-bond acceptors (Lipinski definition) is 2. The summed E-state index contributed by atoms with van der Waals surface area (Å²) >= 11 is 5.99. The van der Waals surface area contributed by atoms with E-state index in [1.807, 2.05) is 13.8 Å². The SMILES string of the molecule is CCC(Cl)(CC)C(C)O.N. The van der Waals surface area contributed by atoms with Crippen molar-refractivity contribution in [3.8, 4) is 0 Å². The van der Waals surface area contributed by atoms with E-state index in [9.17, 15) is 0 Å². The number of hydrogen-bond donors (Lipinski definition) is 2. The van der Waals surface area contributed by atoms with Crippen LogP contribution in [0.15, 0.2) is 0 Å². The lowest BCUT2D eigenvalue weighted by Crippen LogP contribution is -2.32. The molecule has 3 heteroatoms. The largest absolute Gasteiger partial charge is 0.392 e. The fourth-order valence-corrected chi connectivity index (χ4v) is 0.841. The zero-order chi connectivity index (χ0) is 7.49. The van der Waals surface area contributed by atoms with Gasteiger partial charge in [-0.05, 0) is 19.8 Å². The second kappa shape index (κ2) is 4.94. The van der Waals surface area contributed by atoms with Gasteiger partial charge in [0.15, 0.2) is 0 Å². The highest BCUT2D eigenvalue weighted by molar-refractivity contribution is 6.24. The van der Waals surface area contributed by atoms with E-state index >= 15 is 0 Å². The van der Waals surface area contributed by atoms with Crippen molar-refractivity contribution in [3.05, 3.63) is 0 Å². The van der Waals surface area contributed by atoms with Crippen LogP contribution in [0.1, 0.15) is 33.6 Å². The van der Waals surface area contributed by atoms with E-state index in [4.69, 9.17) is 16.7 Å². The summed E-state index contributed by atoms with van der Waals surface area (Å²) in [5, 5.41) is 9.14. The Kier molecular flexibility index (Phi) is 6.35. The molecule has 4 N–H and O–H groups in total. The standard InChI is InChI=1S/C7H15ClO.H3N/c1-4-7(8,5-2)6(3)9;/h6,9H,4-5H2,1-3H3;1H3. The van der Waals surface area contributed by atoms with Crippen LogP contribution in [0.5, 0.6) is 0 Å². The van der Waals surface area contributed by atoms with Crippen molar-refractivity contribution in [2.45, 2.75) is 44.6 Å². The third kappa shape index (κ3) is 2.86. The highest BCUT2D eigenvalue weighted by Crippen LogP contribution is 2.27. The summed E-state index contributed by atoms with van der Waals surface area (Å²) in [4.78, 5) is -0.389. The molecule has 0 amide bonds. The van der Waals surface area contributed by atoms with Gasteiger partial charge in [0, 0.05) is 0 Å². The molecule has 0 aromatic carbocycles. The normalized spacial score (nSPS) is 14.1. The van der Waals surface area contributed by atoms with Crippen molar-refractivity contribution in [3.63, 3.8) is 0 Å². The lowest BCUT2D eigenvalue weighted by atomic mass is 9.97. The summed E-state index contributed by atoms with van der Waals surface area (Å²) in [6.45, 7) is 5.71. The lowest BCUT2D eigenvalue weighted by Gasteiger charge is -2.26. The number of halogens is 1. The summed E-state index contributed by atoms with van der Waals surface area (Å²) in [6.07, 6.45) is 1.24. The summed E-state index contributed by atoms with van der Waals surface area (Å²) < 4.78 is 0. The van der Waals surface area contributed by atoms with Gasteiger partial charge in [0.2, 0.25) is 0 Å². The first-order chi connectivity index (χ1) is 4.06. The second-order valence-electron chi connectivity index (χ2n) is 2.42. The molecular formula is C7H18ClNO. The molecule has 0 aromatic rings. The van der Waals surface area contributed by atoms with E-state index in [1.54, 1.807) is 6.92 Å². The van der Waals surface area contributed by atoms with Crippen LogP contribution in [0, 0.1) is 0 Å². The van der Waals surface area contributed by atoms with Crippen molar-refractivity contribution < 1.29 is 5.11 Å². The molecule has 0 spiro atoms. The zero-order valence-electron chi connectivity index (χ0n) is 7.02. The Balaban J connectivity index is 0. The summed E-state index contributed by atoms with van der Waals surface area (Å²) in [6, 6.07) is 0. The van der Waals surface area contributed by atoms with Crippen LogP contribution in [0.2, 0.25) is 0 Å². The van der Waals surface area contributed by atoms with Gasteiger partial charge < -0.3 is 11.3 Å². The Morgan fingerprint density at radius 3 is 1.70 bits per heavy atom. The molecule has 0 saturated carbocycles. The minimum Gasteiger partial charge on any atom is -0.392 e. The first-order valence-electron chi connectivity index (χ1n) is 3.43. The van der Waals surface area contributed by atoms with Gasteiger partial charge in [0.1, 0.15) is 0 Å². The Labute approximate surface area is 68.2 Å². The fourth-order valence-electron chi connectivity index (χ4n) is 0.841. The molecule has 0 saturated heterocycles. The third-order valence-corrected chi connectivity index (χ3v) is 2.77. The molecule has 0 aliphatic heterocycles. The molecule has 0 heterocycles. The van der Waals surface area contributed by atoms with Crippen molar-refractivity contribution in [1.82, 2.24) is 6.15 Å². The molecule has 64 valence electrons. The van der Waals surface area contributed by atoms with Crippen molar-refractivity contribution in [2.75, 3.05) is 0 Å². The molecule has 0 aliphatic rings. The van der Waals surface area contributed by atoms with Crippen LogP contribution in [0.4, 0.5) is 0 Å². The van der Waals surface area contributed by atoms with Crippen molar-refractivity contribution in [2.24, 2.45) is 0 Å². The molecule has 0 radical (unpaired) electrons. The number of aliphatic hydroxyl groups excluding tert-OH is 1. The number of rotatable bonds is 3. The highest BCUT2D eigenvalue weighted by Gasteiger charge is 2.28. The molecular weight excluding hydrogens is 150 g/mol. The summed E-state index contributed by atoms with van der Waals surface area (Å²) in [7, 11) is 0. The molecule has 2 nitrogen and oxygen atoms in total. The minimum atomic E-state index is -0.408. The molecule has 0 rings (SSSR count). The number of alkyl halides is 1. The average molecular weight is 168 g/mol. The number of aliphatic hydroxyl groups is 1. The van der Waals surface area contributed by atoms with Gasteiger partial charge in [-0.1, -0.05) is 13.8 Å². The summed E-state index contributed by atoms with van der Waals surface area (Å²) in [5.74, 6) is 0. The van der Waals surface area contributed by atoms with Crippen molar-refractivity contribution in [1.29, 1.82) is 0 Å². The maximum atomic E-state index is 9.14. The van der Waals surface area contributed by atoms with Gasteiger partial charge >= 0.3 is 0 Å². The maximum Gasteiger partial charge on any atom is 0.0703 e. The van der Waals surface area contributed by atoms with Crippen molar-refractivity contribution >= 4 is 11.6 Å². The first kappa shape index (κ1) is 12.8. The second-order valence-corrected chi connectivity index (χ2v) is 3.17. The Morgan fingerprint density at radius 2 is 1.70 bits per heavy atom. The van der Waals surface area contributed by atoms with Crippen LogP contribution in [0.3, 0.4) is 0 Å². The average Bonchev–Trinajstić information content (AvgIpc) is 1.86. The predicted octanol–water partition coefficient (Wildman–Crippen LogP) is 2.33. The Bertz CT molecular complexity index is 81.7. The minimum absolute atomic E-state index is 0. The summed E-state index contributed by atoms with van der Waals surface area (Å²) in [5.41, 5.74) is 0. The van der Waals surface area contributed by atoms with Crippen LogP contribution in [-0.4, -0.2) is 16.1 Å². The molecule has 0 aromatic heterocycles. The Morgan fingerprint density at radius 1 is 1.40 bits per heavy atom. The molecule has 0 fully saturated rings. The first-order valence-corrected chi connectivity index (χ1v) is 3.81. The van der Waals surface area contributed by atoms with E-state index in [-0.39, 0.29) is 11.0 Å². The van der Waals surface area contributed by atoms with E-state index < -0.39 is 6.10 Å². The van der Waals surface area contributed by atoms with E-state index in [2.05, 4.69) is 0 Å². The van der Waals surface area contributed by atoms with E-state index in [0.29, 0.717) is 0 Å². The maximum absolute atomic E-state index is 9.14. The van der Waals surface area contributed by atoms with Gasteiger partial charge in [-0.25, -0.2) is 0 Å². The predicted molar refractivity (Wildman–Crippen MR) is 45.9 cm³/mol. The topological polar surface area (TPSA) is 55.2 Å². The van der Waals surface area contributed by atoms with Crippen LogP contribution >= 0.6 is 11.6 Å². The monoisotopic (exact) mass is 167 g/mol. The van der Waals surface area contributed by atoms with Gasteiger partial charge in [0.25, 0.3) is 0 Å². The molecule has 0 aliphatic carbocycles. The molecule has 10 heavy (non-hydrogen) atoms.